The van der Waals surface area contributed by atoms with Crippen LogP contribution in [0.1, 0.15) is 30.6 Å². The Labute approximate surface area is 129 Å². The van der Waals surface area contributed by atoms with Gasteiger partial charge in [-0.05, 0) is 31.5 Å². The van der Waals surface area contributed by atoms with E-state index in [0.29, 0.717) is 6.42 Å². The lowest BCUT2D eigenvalue weighted by Crippen LogP contribution is -2.41. The maximum absolute atomic E-state index is 12.0. The number of hydrogen-bond donors (Lipinski definition) is 3. The highest BCUT2D eigenvalue weighted by Gasteiger charge is 2.22. The summed E-state index contributed by atoms with van der Waals surface area (Å²) in [6.07, 6.45) is 1.38. The molecule has 3 N–H and O–H groups in total. The molecule has 1 amide bonds. The van der Waals surface area contributed by atoms with Crippen LogP contribution in [0, 0.1) is 5.92 Å². The number of nitrogens with one attached hydrogen (secondary N) is 2. The molecule has 1 aromatic rings. The van der Waals surface area contributed by atoms with Crippen LogP contribution in [0.15, 0.2) is 23.4 Å². The Morgan fingerprint density at radius 3 is 2.36 bits per heavy atom. The third-order valence-corrected chi connectivity index (χ3v) is 4.18. The van der Waals surface area contributed by atoms with Gasteiger partial charge in [-0.25, -0.2) is 22.9 Å². The lowest BCUT2D eigenvalue weighted by Gasteiger charge is -2.16. The zero-order valence-corrected chi connectivity index (χ0v) is 13.3. The number of nitrogens with zero attached hydrogens (tertiary/aromatic N) is 1. The Balaban J connectivity index is 2.88. The summed E-state index contributed by atoms with van der Waals surface area (Å²) in [6.45, 7) is 3.70. The zero-order chi connectivity index (χ0) is 16.9. The van der Waals surface area contributed by atoms with Crippen molar-refractivity contribution in [3.05, 3.63) is 23.9 Å². The second-order valence-corrected chi connectivity index (χ2v) is 6.92. The first-order valence-electron chi connectivity index (χ1n) is 6.60. The van der Waals surface area contributed by atoms with Crippen LogP contribution < -0.4 is 10.0 Å². The molecule has 9 heteroatoms. The van der Waals surface area contributed by atoms with Gasteiger partial charge in [-0.2, -0.15) is 0 Å². The number of aromatic nitrogens is 1. The van der Waals surface area contributed by atoms with Crippen molar-refractivity contribution in [2.75, 3.05) is 7.05 Å². The minimum atomic E-state index is -3.68. The SMILES string of the molecule is CNS(=O)(=O)c1ccc(C(=O)N[C@@H](CC(C)C)C(=O)O)cn1. The van der Waals surface area contributed by atoms with Crippen LogP contribution in [-0.4, -0.2) is 43.5 Å². The van der Waals surface area contributed by atoms with E-state index in [9.17, 15) is 18.0 Å². The van der Waals surface area contributed by atoms with Crippen LogP contribution in [0.25, 0.3) is 0 Å². The molecule has 0 aliphatic carbocycles. The van der Waals surface area contributed by atoms with Gasteiger partial charge in [0.15, 0.2) is 5.03 Å². The Morgan fingerprint density at radius 2 is 1.95 bits per heavy atom. The number of aliphatic carboxylic acids is 1. The summed E-state index contributed by atoms with van der Waals surface area (Å²) in [5.74, 6) is -1.64. The van der Waals surface area contributed by atoms with Gasteiger partial charge in [0, 0.05) is 6.20 Å². The monoisotopic (exact) mass is 329 g/mol. The average molecular weight is 329 g/mol. The summed E-state index contributed by atoms with van der Waals surface area (Å²) in [4.78, 5) is 26.8. The number of carboxylic acids is 1. The van der Waals surface area contributed by atoms with Gasteiger partial charge in [0.25, 0.3) is 15.9 Å². The first kappa shape index (κ1) is 18.1. The highest BCUT2D eigenvalue weighted by molar-refractivity contribution is 7.89. The fourth-order valence-electron chi connectivity index (χ4n) is 1.71. The van der Waals surface area contributed by atoms with Crippen molar-refractivity contribution < 1.29 is 23.1 Å². The first-order chi connectivity index (χ1) is 10.2. The minimum absolute atomic E-state index is 0.0880. The molecule has 1 atom stereocenters. The molecule has 0 radical (unpaired) electrons. The Morgan fingerprint density at radius 1 is 1.32 bits per heavy atom. The lowest BCUT2D eigenvalue weighted by atomic mass is 10.0. The van der Waals surface area contributed by atoms with Gasteiger partial charge >= 0.3 is 5.97 Å². The van der Waals surface area contributed by atoms with Crippen LogP contribution >= 0.6 is 0 Å². The summed E-state index contributed by atoms with van der Waals surface area (Å²) in [5, 5.41) is 11.3. The molecule has 1 heterocycles. The molecule has 0 unspecified atom stereocenters. The topological polar surface area (TPSA) is 125 Å². The van der Waals surface area contributed by atoms with Crippen LogP contribution in [0.5, 0.6) is 0 Å². The van der Waals surface area contributed by atoms with Gasteiger partial charge in [0.05, 0.1) is 5.56 Å². The molecule has 122 valence electrons. The maximum atomic E-state index is 12.0. The summed E-state index contributed by atoms with van der Waals surface area (Å²) < 4.78 is 25.1. The van der Waals surface area contributed by atoms with E-state index in [0.717, 1.165) is 6.20 Å². The number of carboxylic acid groups (broad SMARTS) is 1. The molecule has 0 aromatic carbocycles. The highest BCUT2D eigenvalue weighted by Crippen LogP contribution is 2.09. The van der Waals surface area contributed by atoms with E-state index in [1.807, 2.05) is 13.8 Å². The molecule has 0 aliphatic rings. The molecule has 22 heavy (non-hydrogen) atoms. The van der Waals surface area contributed by atoms with Crippen molar-refractivity contribution in [3.8, 4) is 0 Å². The van der Waals surface area contributed by atoms with Crippen molar-refractivity contribution in [2.24, 2.45) is 5.92 Å². The van der Waals surface area contributed by atoms with E-state index in [2.05, 4.69) is 15.0 Å². The molecule has 0 spiro atoms. The number of carbonyl (C=O) groups is 2. The molecule has 0 bridgehead atoms. The van der Waals surface area contributed by atoms with Gasteiger partial charge < -0.3 is 10.4 Å². The van der Waals surface area contributed by atoms with Crippen LogP contribution in [0.2, 0.25) is 0 Å². The van der Waals surface area contributed by atoms with Gasteiger partial charge in [-0.3, -0.25) is 4.79 Å². The smallest absolute Gasteiger partial charge is 0.326 e. The van der Waals surface area contributed by atoms with Gasteiger partial charge in [-0.15, -0.1) is 0 Å². The number of rotatable bonds is 7. The number of sulfonamides is 1. The van der Waals surface area contributed by atoms with Gasteiger partial charge in [0.1, 0.15) is 6.04 Å². The molecule has 0 aliphatic heterocycles. The summed E-state index contributed by atoms with van der Waals surface area (Å²) >= 11 is 0. The second-order valence-electron chi connectivity index (χ2n) is 5.09. The minimum Gasteiger partial charge on any atom is -0.480 e. The number of carbonyl (C=O) groups excluding carboxylic acids is 1. The van der Waals surface area contributed by atoms with Crippen LogP contribution in [0.4, 0.5) is 0 Å². The second kappa shape index (κ2) is 7.32. The largest absolute Gasteiger partial charge is 0.480 e. The summed E-state index contributed by atoms with van der Waals surface area (Å²) in [6, 6.07) is 1.45. The van der Waals surface area contributed by atoms with Gasteiger partial charge in [0.2, 0.25) is 0 Å². The summed E-state index contributed by atoms with van der Waals surface area (Å²) in [7, 11) is -2.43. The molecule has 0 fully saturated rings. The van der Waals surface area contributed by atoms with Crippen molar-refractivity contribution in [3.63, 3.8) is 0 Å². The van der Waals surface area contributed by atoms with Crippen molar-refractivity contribution in [1.29, 1.82) is 0 Å². The third kappa shape index (κ3) is 4.78. The van der Waals surface area contributed by atoms with Crippen LogP contribution in [0.3, 0.4) is 0 Å². The predicted octanol–water partition coefficient (Wildman–Crippen LogP) is 0.219. The lowest BCUT2D eigenvalue weighted by molar-refractivity contribution is -0.139. The Hall–Kier alpha value is -2.00. The van der Waals surface area contributed by atoms with E-state index in [1.54, 1.807) is 0 Å². The maximum Gasteiger partial charge on any atom is 0.326 e. The molecular formula is C13H19N3O5S. The molecule has 8 nitrogen and oxygen atoms in total. The molecule has 1 aromatic heterocycles. The fraction of sp³-hybridized carbons (Fsp3) is 0.462. The number of hydrogen-bond acceptors (Lipinski definition) is 5. The van der Waals surface area contributed by atoms with Crippen LogP contribution in [-0.2, 0) is 14.8 Å². The van der Waals surface area contributed by atoms with Crippen molar-refractivity contribution in [1.82, 2.24) is 15.0 Å². The van der Waals surface area contributed by atoms with E-state index in [-0.39, 0.29) is 16.5 Å². The first-order valence-corrected chi connectivity index (χ1v) is 8.09. The van der Waals surface area contributed by atoms with E-state index < -0.39 is 27.9 Å². The molecule has 0 saturated carbocycles. The molecule has 1 rings (SSSR count). The number of pyridine rings is 1. The van der Waals surface area contributed by atoms with E-state index in [1.165, 1.54) is 19.2 Å². The quantitative estimate of drug-likeness (QED) is 0.657. The van der Waals surface area contributed by atoms with E-state index in [4.69, 9.17) is 5.11 Å². The third-order valence-electron chi connectivity index (χ3n) is 2.85. The van der Waals surface area contributed by atoms with Gasteiger partial charge in [-0.1, -0.05) is 13.8 Å². The predicted molar refractivity (Wildman–Crippen MR) is 78.8 cm³/mol. The normalized spacial score (nSPS) is 12.9. The standard InChI is InChI=1S/C13H19N3O5S/c1-8(2)6-10(13(18)19)16-12(17)9-4-5-11(15-7-9)22(20,21)14-3/h4-5,7-8,10,14H,6H2,1-3H3,(H,16,17)(H,18,19)/t10-/m0/s1. The molecule has 0 saturated heterocycles. The fourth-order valence-corrected chi connectivity index (χ4v) is 2.36. The Kier molecular flexibility index (Phi) is 6.01. The van der Waals surface area contributed by atoms with Crippen molar-refractivity contribution >= 4 is 21.9 Å². The molecular weight excluding hydrogens is 310 g/mol. The number of amides is 1. The zero-order valence-electron chi connectivity index (χ0n) is 12.5. The summed E-state index contributed by atoms with van der Waals surface area (Å²) in [5.41, 5.74) is 0.0880. The van der Waals surface area contributed by atoms with E-state index >= 15 is 0 Å². The van der Waals surface area contributed by atoms with Crippen molar-refractivity contribution in [2.45, 2.75) is 31.3 Å². The Bertz CT molecular complexity index is 640. The highest BCUT2D eigenvalue weighted by atomic mass is 32.2. The average Bonchev–Trinajstić information content (AvgIpc) is 2.46.